The number of aromatic nitrogens is 1. The zero-order chi connectivity index (χ0) is 21.9. The monoisotopic (exact) mass is 448 g/mol. The van der Waals surface area contributed by atoms with Gasteiger partial charge in [-0.15, -0.1) is 0 Å². The summed E-state index contributed by atoms with van der Waals surface area (Å²) in [5.74, 6) is -0.0547. The number of nitrogens with zero attached hydrogens (tertiary/aromatic N) is 1. The molecular weight excluding hydrogens is 431 g/mol. The predicted molar refractivity (Wildman–Crippen MR) is 100 cm³/mol. The second-order valence-corrected chi connectivity index (χ2v) is 9.44. The first-order chi connectivity index (χ1) is 13.3. The standard InChI is InChI=1S/C17H16NO2S.CHF3O3S/c1-14-6-8-17(9-7-14)21(19,20)13-18-11-10-15-4-2-3-5-16(15)12-18;2-1(3,4)8(5,6)7/h2-12H,13H2,1H3;(H,5,6,7)/q+1;. The second-order valence-electron chi connectivity index (χ2n) is 6.07. The average Bonchev–Trinajstić information content (AvgIpc) is 2.60. The Kier molecular flexibility index (Phi) is 6.66. The van der Waals surface area contributed by atoms with E-state index < -0.39 is 25.5 Å². The Labute approximate surface area is 165 Å². The summed E-state index contributed by atoms with van der Waals surface area (Å²) in [7, 11) is -9.18. The van der Waals surface area contributed by atoms with E-state index in [9.17, 15) is 21.6 Å². The number of alkyl halides is 3. The van der Waals surface area contributed by atoms with Crippen LogP contribution in [0.25, 0.3) is 10.8 Å². The van der Waals surface area contributed by atoms with Gasteiger partial charge in [0.25, 0.3) is 5.88 Å². The molecule has 0 spiro atoms. The highest BCUT2D eigenvalue weighted by Crippen LogP contribution is 2.20. The molecule has 0 unspecified atom stereocenters. The first-order valence-corrected chi connectivity index (χ1v) is 11.1. The van der Waals surface area contributed by atoms with E-state index in [-0.39, 0.29) is 5.88 Å². The van der Waals surface area contributed by atoms with Crippen molar-refractivity contribution in [3.05, 3.63) is 72.6 Å². The molecule has 0 aliphatic heterocycles. The molecule has 3 rings (SSSR count). The number of pyridine rings is 1. The fourth-order valence-corrected chi connectivity index (χ4v) is 3.53. The fourth-order valence-electron chi connectivity index (χ4n) is 2.27. The molecule has 1 heterocycles. The van der Waals surface area contributed by atoms with Crippen LogP contribution in [-0.2, 0) is 25.8 Å². The Hall–Kier alpha value is -2.50. The van der Waals surface area contributed by atoms with E-state index >= 15 is 0 Å². The van der Waals surface area contributed by atoms with Crippen molar-refractivity contribution in [2.75, 3.05) is 0 Å². The maximum atomic E-state index is 12.4. The van der Waals surface area contributed by atoms with Crippen molar-refractivity contribution in [1.29, 1.82) is 0 Å². The summed E-state index contributed by atoms with van der Waals surface area (Å²) in [4.78, 5) is 0.355. The largest absolute Gasteiger partial charge is 0.522 e. The van der Waals surface area contributed by atoms with Crippen molar-refractivity contribution in [1.82, 2.24) is 0 Å². The molecule has 0 bridgehead atoms. The molecular formula is C18H17F3NO5S2+. The van der Waals surface area contributed by atoms with Crippen LogP contribution in [0.5, 0.6) is 0 Å². The van der Waals surface area contributed by atoms with E-state index in [1.807, 2.05) is 55.6 Å². The lowest BCUT2D eigenvalue weighted by molar-refractivity contribution is -0.676. The molecule has 0 radical (unpaired) electrons. The Bertz CT molecular complexity index is 1210. The van der Waals surface area contributed by atoms with E-state index in [1.54, 1.807) is 22.9 Å². The van der Waals surface area contributed by atoms with Gasteiger partial charge in [-0.2, -0.15) is 26.2 Å². The lowest BCUT2D eigenvalue weighted by Crippen LogP contribution is -2.37. The van der Waals surface area contributed by atoms with E-state index in [0.717, 1.165) is 16.3 Å². The van der Waals surface area contributed by atoms with Gasteiger partial charge in [-0.3, -0.25) is 4.55 Å². The Morgan fingerprint density at radius 1 is 0.897 bits per heavy atom. The van der Waals surface area contributed by atoms with E-state index in [0.29, 0.717) is 4.90 Å². The van der Waals surface area contributed by atoms with Crippen molar-refractivity contribution < 1.29 is 39.1 Å². The summed E-state index contributed by atoms with van der Waals surface area (Å²) in [6.45, 7) is 1.94. The third-order valence-corrected chi connectivity index (χ3v) is 5.95. The van der Waals surface area contributed by atoms with Crippen molar-refractivity contribution in [2.24, 2.45) is 0 Å². The number of rotatable bonds is 3. The van der Waals surface area contributed by atoms with Crippen LogP contribution in [0, 0.1) is 6.92 Å². The van der Waals surface area contributed by atoms with E-state index in [1.165, 1.54) is 0 Å². The topological polar surface area (TPSA) is 92.4 Å². The molecule has 6 nitrogen and oxygen atoms in total. The second kappa shape index (κ2) is 8.47. The van der Waals surface area contributed by atoms with Crippen LogP contribution in [0.1, 0.15) is 5.56 Å². The van der Waals surface area contributed by atoms with Crippen molar-refractivity contribution in [3.63, 3.8) is 0 Å². The van der Waals surface area contributed by atoms with Gasteiger partial charge in [0.15, 0.2) is 12.4 Å². The summed E-state index contributed by atoms with van der Waals surface area (Å²) in [5, 5.41) is 2.13. The van der Waals surface area contributed by atoms with Crippen LogP contribution < -0.4 is 4.57 Å². The van der Waals surface area contributed by atoms with Crippen LogP contribution in [0.3, 0.4) is 0 Å². The Morgan fingerprint density at radius 2 is 1.41 bits per heavy atom. The Balaban J connectivity index is 0.000000321. The van der Waals surface area contributed by atoms with Gasteiger partial charge < -0.3 is 0 Å². The molecule has 0 amide bonds. The molecule has 1 N–H and O–H groups in total. The molecule has 0 fully saturated rings. The van der Waals surface area contributed by atoms with Crippen LogP contribution in [0.4, 0.5) is 13.2 Å². The molecule has 156 valence electrons. The fraction of sp³-hybridized carbons (Fsp3) is 0.167. The highest BCUT2D eigenvalue weighted by molar-refractivity contribution is 7.90. The number of sulfone groups is 1. The molecule has 0 saturated carbocycles. The maximum absolute atomic E-state index is 12.4. The molecule has 2 aromatic carbocycles. The van der Waals surface area contributed by atoms with Gasteiger partial charge in [-0.1, -0.05) is 35.9 Å². The molecule has 0 aliphatic carbocycles. The molecule has 29 heavy (non-hydrogen) atoms. The third-order valence-electron chi connectivity index (χ3n) is 3.74. The highest BCUT2D eigenvalue weighted by Gasteiger charge is 2.44. The normalized spacial score (nSPS) is 12.3. The smallest absolute Gasteiger partial charge is 0.279 e. The summed E-state index contributed by atoms with van der Waals surface area (Å²) in [5.41, 5.74) is -4.49. The maximum Gasteiger partial charge on any atom is 0.522 e. The first kappa shape index (κ1) is 22.8. The van der Waals surface area contributed by atoms with E-state index in [4.69, 9.17) is 13.0 Å². The lowest BCUT2D eigenvalue weighted by Gasteiger charge is -2.03. The number of hydrogen-bond donors (Lipinski definition) is 1. The SMILES string of the molecule is Cc1ccc(S(=O)(=O)C[n+]2ccc3ccccc3c2)cc1.O=S(=O)(O)C(F)(F)F. The molecule has 1 aromatic heterocycles. The van der Waals surface area contributed by atoms with Crippen LogP contribution >= 0.6 is 0 Å². The van der Waals surface area contributed by atoms with Gasteiger partial charge in [-0.05, 0) is 30.5 Å². The van der Waals surface area contributed by atoms with Crippen LogP contribution in [0.15, 0.2) is 71.9 Å². The van der Waals surface area contributed by atoms with Crippen LogP contribution in [0.2, 0.25) is 0 Å². The van der Waals surface area contributed by atoms with Gasteiger partial charge in [-0.25, -0.2) is 8.42 Å². The Morgan fingerprint density at radius 3 is 1.93 bits per heavy atom. The molecule has 3 aromatic rings. The summed E-state index contributed by atoms with van der Waals surface area (Å²) < 4.78 is 84.1. The minimum absolute atomic E-state index is 0.0547. The quantitative estimate of drug-likeness (QED) is 0.377. The number of benzene rings is 2. The molecule has 11 heteroatoms. The van der Waals surface area contributed by atoms with Crippen molar-refractivity contribution >= 4 is 30.7 Å². The van der Waals surface area contributed by atoms with Gasteiger partial charge in [0, 0.05) is 11.5 Å². The average molecular weight is 448 g/mol. The van der Waals surface area contributed by atoms with Crippen molar-refractivity contribution in [3.8, 4) is 0 Å². The number of halogens is 3. The first-order valence-electron chi connectivity index (χ1n) is 8.01. The minimum atomic E-state index is -5.84. The summed E-state index contributed by atoms with van der Waals surface area (Å²) in [6.07, 6.45) is 3.66. The van der Waals surface area contributed by atoms with Crippen LogP contribution in [-0.4, -0.2) is 26.9 Å². The van der Waals surface area contributed by atoms with Gasteiger partial charge in [0.05, 0.1) is 4.90 Å². The summed E-state index contributed by atoms with van der Waals surface area (Å²) >= 11 is 0. The van der Waals surface area contributed by atoms with Gasteiger partial charge in [0.1, 0.15) is 0 Å². The lowest BCUT2D eigenvalue weighted by atomic mass is 10.2. The molecule has 0 saturated heterocycles. The zero-order valence-corrected chi connectivity index (χ0v) is 16.7. The molecule has 0 atom stereocenters. The van der Waals surface area contributed by atoms with Crippen molar-refractivity contribution in [2.45, 2.75) is 23.2 Å². The third kappa shape index (κ3) is 6.24. The highest BCUT2D eigenvalue weighted by atomic mass is 32.2. The minimum Gasteiger partial charge on any atom is -0.279 e. The predicted octanol–water partition coefficient (Wildman–Crippen LogP) is 3.26. The molecule has 0 aliphatic rings. The van der Waals surface area contributed by atoms with Gasteiger partial charge in [0.2, 0.25) is 9.84 Å². The van der Waals surface area contributed by atoms with E-state index in [2.05, 4.69) is 0 Å². The number of fused-ring (bicyclic) bond motifs is 1. The number of hydrogen-bond acceptors (Lipinski definition) is 4. The van der Waals surface area contributed by atoms with Gasteiger partial charge >= 0.3 is 15.6 Å². The number of aryl methyl sites for hydroxylation is 1. The zero-order valence-electron chi connectivity index (χ0n) is 15.0. The summed E-state index contributed by atoms with van der Waals surface area (Å²) in [6, 6.07) is 16.8.